The molecule has 23 heavy (non-hydrogen) atoms. The summed E-state index contributed by atoms with van der Waals surface area (Å²) >= 11 is 0. The van der Waals surface area contributed by atoms with Crippen molar-refractivity contribution in [2.45, 2.75) is 51.1 Å². The first kappa shape index (κ1) is 17.9. The van der Waals surface area contributed by atoms with E-state index in [4.69, 9.17) is 14.2 Å². The lowest BCUT2D eigenvalue weighted by Crippen LogP contribution is -2.29. The van der Waals surface area contributed by atoms with Gasteiger partial charge >= 0.3 is 5.97 Å². The number of carbonyl (C=O) groups is 1. The van der Waals surface area contributed by atoms with Crippen LogP contribution in [0.4, 0.5) is 0 Å². The number of methoxy groups -OCH3 is 1. The molecule has 1 fully saturated rings. The van der Waals surface area contributed by atoms with Crippen LogP contribution in [0.1, 0.15) is 38.2 Å². The molecule has 1 saturated heterocycles. The Balaban J connectivity index is 1.61. The maximum atomic E-state index is 11.1. The van der Waals surface area contributed by atoms with E-state index in [9.17, 15) is 4.79 Å². The zero-order valence-corrected chi connectivity index (χ0v) is 14.0. The second-order valence-corrected chi connectivity index (χ2v) is 6.06. The SMILES string of the molecule is COC(=O)CCCC1OC[C@@](C)(CCOCc2ccccc2)O1. The van der Waals surface area contributed by atoms with E-state index in [2.05, 4.69) is 4.74 Å². The van der Waals surface area contributed by atoms with Crippen molar-refractivity contribution < 1.29 is 23.7 Å². The minimum absolute atomic E-state index is 0.194. The van der Waals surface area contributed by atoms with E-state index >= 15 is 0 Å². The number of hydrogen-bond donors (Lipinski definition) is 0. The van der Waals surface area contributed by atoms with Crippen molar-refractivity contribution in [3.8, 4) is 0 Å². The Morgan fingerprint density at radius 1 is 1.35 bits per heavy atom. The van der Waals surface area contributed by atoms with Gasteiger partial charge in [0.1, 0.15) is 0 Å². The average molecular weight is 322 g/mol. The molecule has 0 aliphatic carbocycles. The Hall–Kier alpha value is -1.43. The maximum Gasteiger partial charge on any atom is 0.305 e. The van der Waals surface area contributed by atoms with E-state index in [0.717, 1.165) is 6.42 Å². The highest BCUT2D eigenvalue weighted by Gasteiger charge is 2.36. The van der Waals surface area contributed by atoms with Crippen LogP contribution in [0, 0.1) is 0 Å². The summed E-state index contributed by atoms with van der Waals surface area (Å²) in [5, 5.41) is 0. The van der Waals surface area contributed by atoms with Crippen molar-refractivity contribution in [1.82, 2.24) is 0 Å². The van der Waals surface area contributed by atoms with Crippen LogP contribution in [0.2, 0.25) is 0 Å². The lowest BCUT2D eigenvalue weighted by molar-refractivity contribution is -0.141. The molecule has 1 aliphatic rings. The highest BCUT2D eigenvalue weighted by Crippen LogP contribution is 2.28. The first-order chi connectivity index (χ1) is 11.1. The number of hydrogen-bond acceptors (Lipinski definition) is 5. The molecule has 5 heteroatoms. The minimum atomic E-state index is -0.313. The molecule has 0 saturated carbocycles. The Labute approximate surface area is 137 Å². The molecule has 1 aliphatic heterocycles. The molecule has 0 N–H and O–H groups in total. The van der Waals surface area contributed by atoms with Crippen molar-refractivity contribution in [3.05, 3.63) is 35.9 Å². The molecule has 1 aromatic carbocycles. The first-order valence-corrected chi connectivity index (χ1v) is 8.09. The number of benzene rings is 1. The van der Waals surface area contributed by atoms with Gasteiger partial charge < -0.3 is 18.9 Å². The third-order valence-corrected chi connectivity index (χ3v) is 3.93. The summed E-state index contributed by atoms with van der Waals surface area (Å²) in [5.74, 6) is -0.194. The summed E-state index contributed by atoms with van der Waals surface area (Å²) in [6, 6.07) is 10.1. The van der Waals surface area contributed by atoms with Gasteiger partial charge in [0.2, 0.25) is 0 Å². The van der Waals surface area contributed by atoms with Crippen molar-refractivity contribution in [1.29, 1.82) is 0 Å². The van der Waals surface area contributed by atoms with E-state index in [1.54, 1.807) is 0 Å². The van der Waals surface area contributed by atoms with Gasteiger partial charge in [0.15, 0.2) is 6.29 Å². The Bertz CT molecular complexity index is 476. The fourth-order valence-electron chi connectivity index (χ4n) is 2.50. The number of rotatable bonds is 9. The molecule has 0 aromatic heterocycles. The predicted octanol–water partition coefficient (Wildman–Crippen LogP) is 3.07. The van der Waals surface area contributed by atoms with E-state index in [1.807, 2.05) is 37.3 Å². The van der Waals surface area contributed by atoms with Crippen LogP contribution in [0.3, 0.4) is 0 Å². The molecule has 2 atom stereocenters. The topological polar surface area (TPSA) is 54.0 Å². The van der Waals surface area contributed by atoms with Gasteiger partial charge in [0.05, 0.1) is 25.9 Å². The fourth-order valence-corrected chi connectivity index (χ4v) is 2.50. The monoisotopic (exact) mass is 322 g/mol. The third kappa shape index (κ3) is 6.29. The van der Waals surface area contributed by atoms with Crippen LogP contribution >= 0.6 is 0 Å². The Kier molecular flexibility index (Phi) is 7.02. The largest absolute Gasteiger partial charge is 0.469 e. The summed E-state index contributed by atoms with van der Waals surface area (Å²) in [6.45, 7) is 3.84. The number of ether oxygens (including phenoxy) is 4. The van der Waals surface area contributed by atoms with Gasteiger partial charge in [-0.15, -0.1) is 0 Å². The van der Waals surface area contributed by atoms with Gasteiger partial charge in [-0.1, -0.05) is 30.3 Å². The van der Waals surface area contributed by atoms with E-state index in [1.165, 1.54) is 12.7 Å². The van der Waals surface area contributed by atoms with E-state index < -0.39 is 0 Å². The van der Waals surface area contributed by atoms with Crippen LogP contribution in [0.25, 0.3) is 0 Å². The zero-order valence-electron chi connectivity index (χ0n) is 14.0. The maximum absolute atomic E-state index is 11.1. The Morgan fingerprint density at radius 2 is 2.13 bits per heavy atom. The van der Waals surface area contributed by atoms with Crippen LogP contribution in [-0.4, -0.2) is 38.2 Å². The van der Waals surface area contributed by atoms with E-state index in [0.29, 0.717) is 39.1 Å². The van der Waals surface area contributed by atoms with Crippen molar-refractivity contribution in [2.24, 2.45) is 0 Å². The molecule has 2 rings (SSSR count). The molecule has 1 unspecified atom stereocenters. The van der Waals surface area contributed by atoms with Crippen LogP contribution in [-0.2, 0) is 30.3 Å². The summed E-state index contributed by atoms with van der Waals surface area (Å²) in [4.78, 5) is 11.1. The fraction of sp³-hybridized carbons (Fsp3) is 0.611. The van der Waals surface area contributed by atoms with Gasteiger partial charge in [-0.2, -0.15) is 0 Å². The van der Waals surface area contributed by atoms with Crippen LogP contribution < -0.4 is 0 Å². The molecule has 1 aromatic rings. The highest BCUT2D eigenvalue weighted by atomic mass is 16.7. The summed E-state index contributed by atoms with van der Waals surface area (Å²) in [5.41, 5.74) is 0.856. The minimum Gasteiger partial charge on any atom is -0.469 e. The second kappa shape index (κ2) is 9.01. The summed E-state index contributed by atoms with van der Waals surface area (Å²) in [6.07, 6.45) is 2.36. The molecule has 128 valence electrons. The molecule has 0 bridgehead atoms. The lowest BCUT2D eigenvalue weighted by Gasteiger charge is -2.22. The third-order valence-electron chi connectivity index (χ3n) is 3.93. The molecule has 0 spiro atoms. The van der Waals surface area contributed by atoms with E-state index in [-0.39, 0.29) is 17.9 Å². The normalized spacial score (nSPS) is 23.8. The standard InChI is InChI=1S/C18H26O5/c1-18(11-12-21-13-15-7-4-3-5-8-15)14-22-17(23-18)10-6-9-16(19)20-2/h3-5,7-8,17H,6,9-14H2,1-2H3/t17?,18-/m1/s1. The highest BCUT2D eigenvalue weighted by molar-refractivity contribution is 5.68. The first-order valence-electron chi connectivity index (χ1n) is 8.09. The summed E-state index contributed by atoms with van der Waals surface area (Å²) < 4.78 is 22.0. The molecule has 0 amide bonds. The molecule has 1 heterocycles. The van der Waals surface area contributed by atoms with Crippen molar-refractivity contribution in [2.75, 3.05) is 20.3 Å². The lowest BCUT2D eigenvalue weighted by atomic mass is 10.1. The second-order valence-electron chi connectivity index (χ2n) is 6.06. The van der Waals surface area contributed by atoms with Crippen LogP contribution in [0.15, 0.2) is 30.3 Å². The van der Waals surface area contributed by atoms with Gasteiger partial charge in [0, 0.05) is 19.4 Å². The quantitative estimate of drug-likeness (QED) is 0.516. The number of carbonyl (C=O) groups excluding carboxylic acids is 1. The van der Waals surface area contributed by atoms with Crippen molar-refractivity contribution >= 4 is 5.97 Å². The van der Waals surface area contributed by atoms with Gasteiger partial charge in [-0.05, 0) is 25.3 Å². The molecule has 5 nitrogen and oxygen atoms in total. The zero-order chi connectivity index (χ0) is 16.5. The molecule has 0 radical (unpaired) electrons. The number of esters is 1. The molecular weight excluding hydrogens is 296 g/mol. The smallest absolute Gasteiger partial charge is 0.305 e. The predicted molar refractivity (Wildman–Crippen MR) is 85.8 cm³/mol. The van der Waals surface area contributed by atoms with Crippen molar-refractivity contribution in [3.63, 3.8) is 0 Å². The molecular formula is C18H26O5. The van der Waals surface area contributed by atoms with Gasteiger partial charge in [0.25, 0.3) is 0 Å². The average Bonchev–Trinajstić information content (AvgIpc) is 2.94. The van der Waals surface area contributed by atoms with Crippen LogP contribution in [0.5, 0.6) is 0 Å². The Morgan fingerprint density at radius 3 is 2.87 bits per heavy atom. The summed E-state index contributed by atoms with van der Waals surface area (Å²) in [7, 11) is 1.40. The van der Waals surface area contributed by atoms with Gasteiger partial charge in [-0.25, -0.2) is 0 Å². The van der Waals surface area contributed by atoms with Gasteiger partial charge in [-0.3, -0.25) is 4.79 Å².